The number of sulfonamides is 1. The molecule has 0 saturated carbocycles. The molecule has 0 spiro atoms. The van der Waals surface area contributed by atoms with Gasteiger partial charge in [-0.2, -0.15) is 9.41 Å². The Morgan fingerprint density at radius 2 is 1.88 bits per heavy atom. The van der Waals surface area contributed by atoms with Gasteiger partial charge in [0.05, 0.1) is 5.02 Å². The highest BCUT2D eigenvalue weighted by Gasteiger charge is 2.43. The molecule has 42 heavy (non-hydrogen) atoms. The molecule has 2 N–H and O–H groups in total. The number of nitrogens with two attached hydrogens (primary N) is 1. The molecular formula is C29H34Cl2N6O4S. The number of benzene rings is 2. The van der Waals surface area contributed by atoms with Crippen molar-refractivity contribution in [3.05, 3.63) is 63.8 Å². The van der Waals surface area contributed by atoms with E-state index in [9.17, 15) is 13.2 Å². The Kier molecular flexibility index (Phi) is 8.84. The van der Waals surface area contributed by atoms with Gasteiger partial charge in [-0.25, -0.2) is 13.4 Å². The lowest BCUT2D eigenvalue weighted by atomic mass is 10.1. The van der Waals surface area contributed by atoms with Gasteiger partial charge in [0.1, 0.15) is 35.1 Å². The van der Waals surface area contributed by atoms with Crippen LogP contribution < -0.4 is 10.6 Å². The summed E-state index contributed by atoms with van der Waals surface area (Å²) >= 11 is 13.2. The number of carbonyl (C=O) groups is 1. The second-order valence-corrected chi connectivity index (χ2v) is 13.5. The van der Waals surface area contributed by atoms with Crippen molar-refractivity contribution in [2.24, 2.45) is 10.9 Å². The van der Waals surface area contributed by atoms with Gasteiger partial charge in [0.15, 0.2) is 0 Å². The van der Waals surface area contributed by atoms with Crippen molar-refractivity contribution in [3.63, 3.8) is 0 Å². The second-order valence-electron chi connectivity index (χ2n) is 10.8. The Morgan fingerprint density at radius 3 is 2.60 bits per heavy atom. The molecule has 3 aromatic rings. The number of carbonyl (C=O) groups excluding carboxylic acids is 1. The highest BCUT2D eigenvalue weighted by atomic mass is 35.5. The lowest BCUT2D eigenvalue weighted by Gasteiger charge is -2.44. The first-order valence-electron chi connectivity index (χ1n) is 13.8. The molecule has 1 amide bonds. The first-order valence-corrected chi connectivity index (χ1v) is 16.0. The Morgan fingerprint density at radius 1 is 1.14 bits per heavy atom. The van der Waals surface area contributed by atoms with E-state index in [0.29, 0.717) is 42.8 Å². The van der Waals surface area contributed by atoms with Gasteiger partial charge in [0, 0.05) is 53.4 Å². The molecule has 2 aliphatic heterocycles. The lowest BCUT2D eigenvalue weighted by Crippen LogP contribution is -2.60. The minimum absolute atomic E-state index is 0.0226. The number of hydrazone groups is 1. The van der Waals surface area contributed by atoms with Gasteiger partial charge in [-0.3, -0.25) is 4.79 Å². The van der Waals surface area contributed by atoms with Gasteiger partial charge in [-0.1, -0.05) is 41.4 Å². The number of rotatable bonds is 7. The summed E-state index contributed by atoms with van der Waals surface area (Å²) in [5.41, 5.74) is 1.87. The average molecular weight is 634 g/mol. The van der Waals surface area contributed by atoms with Crippen molar-refractivity contribution < 1.29 is 17.9 Å². The van der Waals surface area contributed by atoms with E-state index in [0.717, 1.165) is 11.1 Å². The summed E-state index contributed by atoms with van der Waals surface area (Å²) in [5.74, 6) is 5.67. The molecule has 10 nitrogen and oxygen atoms in total. The predicted molar refractivity (Wildman–Crippen MR) is 164 cm³/mol. The number of nitrogens with zero attached hydrogens (tertiary/aromatic N) is 5. The molecule has 2 aliphatic rings. The number of halogens is 2. The maximum absolute atomic E-state index is 14.0. The number of aromatic nitrogens is 1. The van der Waals surface area contributed by atoms with Crippen LogP contribution in [0.5, 0.6) is 5.75 Å². The van der Waals surface area contributed by atoms with Crippen LogP contribution in [-0.4, -0.2) is 77.5 Å². The molecule has 224 valence electrons. The van der Waals surface area contributed by atoms with Gasteiger partial charge in [-0.05, 0) is 57.9 Å². The summed E-state index contributed by atoms with van der Waals surface area (Å²) in [5, 5.41) is 4.79. The zero-order valence-corrected chi connectivity index (χ0v) is 26.0. The Hall–Kier alpha value is -3.12. The molecule has 2 saturated heterocycles. The van der Waals surface area contributed by atoms with Crippen LogP contribution in [0, 0.1) is 6.92 Å². The minimum Gasteiger partial charge on any atom is -0.487 e. The second kappa shape index (κ2) is 12.2. The van der Waals surface area contributed by atoms with Crippen LogP contribution in [0.25, 0.3) is 10.9 Å². The summed E-state index contributed by atoms with van der Waals surface area (Å²) < 4.78 is 35.4. The first-order chi connectivity index (χ1) is 20.0. The van der Waals surface area contributed by atoms with Crippen LogP contribution in [0.1, 0.15) is 37.9 Å². The van der Waals surface area contributed by atoms with Gasteiger partial charge in [0.25, 0.3) is 0 Å². The van der Waals surface area contributed by atoms with Crippen LogP contribution in [0.15, 0.2) is 52.5 Å². The van der Waals surface area contributed by atoms with E-state index in [1.54, 1.807) is 17.3 Å². The smallest absolute Gasteiger partial charge is 0.245 e. The molecule has 0 bridgehead atoms. The number of fused-ring (bicyclic) bond motifs is 1. The van der Waals surface area contributed by atoms with E-state index in [1.807, 2.05) is 49.9 Å². The largest absolute Gasteiger partial charge is 0.487 e. The third-order valence-electron chi connectivity index (χ3n) is 7.92. The van der Waals surface area contributed by atoms with E-state index in [1.165, 1.54) is 16.4 Å². The van der Waals surface area contributed by atoms with Crippen molar-refractivity contribution in [2.75, 3.05) is 19.6 Å². The zero-order chi connectivity index (χ0) is 30.2. The molecule has 3 heterocycles. The molecule has 2 aromatic carbocycles. The number of pyridine rings is 1. The molecule has 13 heteroatoms. The molecule has 1 aromatic heterocycles. The number of hydrogen-bond acceptors (Lipinski definition) is 7. The van der Waals surface area contributed by atoms with Crippen molar-refractivity contribution in [1.82, 2.24) is 19.1 Å². The maximum Gasteiger partial charge on any atom is 0.245 e. The van der Waals surface area contributed by atoms with Crippen molar-refractivity contribution >= 4 is 56.4 Å². The van der Waals surface area contributed by atoms with Crippen molar-refractivity contribution in [3.8, 4) is 5.75 Å². The molecule has 2 fully saturated rings. The summed E-state index contributed by atoms with van der Waals surface area (Å²) in [4.78, 5) is 21.9. The maximum atomic E-state index is 14.0. The van der Waals surface area contributed by atoms with Crippen molar-refractivity contribution in [2.45, 2.75) is 63.2 Å². The van der Waals surface area contributed by atoms with E-state index in [-0.39, 0.29) is 46.1 Å². The van der Waals surface area contributed by atoms with E-state index >= 15 is 0 Å². The summed E-state index contributed by atoms with van der Waals surface area (Å²) in [6.45, 7) is 6.88. The fraction of sp³-hybridized carbons (Fsp3) is 0.414. The number of piperazine rings is 1. The quantitative estimate of drug-likeness (QED) is 0.177. The summed E-state index contributed by atoms with van der Waals surface area (Å²) in [6, 6.07) is 11.5. The van der Waals surface area contributed by atoms with Crippen molar-refractivity contribution in [1.29, 1.82) is 0 Å². The monoisotopic (exact) mass is 632 g/mol. The molecule has 0 aliphatic carbocycles. The van der Waals surface area contributed by atoms with E-state index < -0.39 is 16.1 Å². The molecule has 3 atom stereocenters. The van der Waals surface area contributed by atoms with Gasteiger partial charge in [0.2, 0.25) is 15.9 Å². The van der Waals surface area contributed by atoms with Crippen LogP contribution in [0.2, 0.25) is 10.0 Å². The van der Waals surface area contributed by atoms with Crippen LogP contribution in [0.4, 0.5) is 0 Å². The lowest BCUT2D eigenvalue weighted by molar-refractivity contribution is -0.137. The third-order valence-corrected chi connectivity index (χ3v) is 10.8. The highest BCUT2D eigenvalue weighted by molar-refractivity contribution is 7.89. The minimum atomic E-state index is -4.13. The Labute approximate surface area is 256 Å². The van der Waals surface area contributed by atoms with Gasteiger partial charge in [-0.15, -0.1) is 0 Å². The Balaban J connectivity index is 1.39. The molecule has 5 rings (SSSR count). The van der Waals surface area contributed by atoms with Crippen LogP contribution >= 0.6 is 23.2 Å². The zero-order valence-electron chi connectivity index (χ0n) is 23.7. The number of para-hydroxylation sites is 1. The van der Waals surface area contributed by atoms with Crippen LogP contribution in [0.3, 0.4) is 0 Å². The Bertz CT molecular complexity index is 1620. The molecular weight excluding hydrogens is 599 g/mol. The molecule has 2 unspecified atom stereocenters. The van der Waals surface area contributed by atoms with Crippen LogP contribution in [-0.2, 0) is 21.4 Å². The predicted octanol–water partition coefficient (Wildman–Crippen LogP) is 4.41. The fourth-order valence-electron chi connectivity index (χ4n) is 5.82. The number of hydrogen-bond donors (Lipinski definition) is 1. The van der Waals surface area contributed by atoms with Gasteiger partial charge >= 0.3 is 0 Å². The summed E-state index contributed by atoms with van der Waals surface area (Å²) in [7, 11) is -4.13. The van der Waals surface area contributed by atoms with E-state index in [2.05, 4.69) is 10.1 Å². The number of ether oxygens (including phenoxy) is 1. The summed E-state index contributed by atoms with van der Waals surface area (Å²) in [6.07, 6.45) is 2.57. The topological polar surface area (TPSA) is 121 Å². The third kappa shape index (κ3) is 5.75. The SMILES string of the molecule is Cc1ccc2cccc(OCc3c(Cl)ccc(S(=O)(=O)N4CCC[C@H]4C(=O)N4CC(C)N(C=NN)C(C)C4)c3Cl)c2n1. The number of aryl methyl sites for hydroxylation is 1. The normalized spacial score (nSPS) is 21.9. The number of amides is 1. The molecule has 0 radical (unpaired) electrons. The highest BCUT2D eigenvalue weighted by Crippen LogP contribution is 2.37. The van der Waals surface area contributed by atoms with E-state index in [4.69, 9.17) is 33.8 Å². The fourth-order valence-corrected chi connectivity index (χ4v) is 8.34. The first kappa shape index (κ1) is 30.3. The average Bonchev–Trinajstić information content (AvgIpc) is 3.45. The van der Waals surface area contributed by atoms with Gasteiger partial charge < -0.3 is 20.4 Å². The standard InChI is InChI=1S/C29H34Cl2N6O4S/c1-18-9-10-21-6-4-8-25(28(21)34-18)41-16-22-23(30)11-12-26(27(22)31)42(39,40)37-13-5-7-24(37)29(38)35-14-19(2)36(17-33-32)20(3)15-35/h4,6,8-12,17,19-20,24H,5,7,13-16,32H2,1-3H3/t19?,20?,24-/m0/s1.